The Morgan fingerprint density at radius 3 is 3.00 bits per heavy atom. The summed E-state index contributed by atoms with van der Waals surface area (Å²) in [6.45, 7) is 0.751. The maximum absolute atomic E-state index is 6.18. The largest absolute Gasteiger partial charge is 0.384 e. The van der Waals surface area contributed by atoms with E-state index < -0.39 is 0 Å². The van der Waals surface area contributed by atoms with Gasteiger partial charge < -0.3 is 10.5 Å². The Hall–Kier alpha value is -0.450. The first kappa shape index (κ1) is 11.0. The zero-order chi connectivity index (χ0) is 10.7. The van der Waals surface area contributed by atoms with E-state index in [1.165, 1.54) is 6.42 Å². The molecule has 0 aliphatic heterocycles. The highest BCUT2D eigenvalue weighted by molar-refractivity contribution is 7.09. The van der Waals surface area contributed by atoms with Gasteiger partial charge in [0.05, 0.1) is 17.3 Å². The monoisotopic (exact) mass is 226 g/mol. The molecule has 1 aromatic rings. The van der Waals surface area contributed by atoms with Crippen LogP contribution in [-0.2, 0) is 17.6 Å². The van der Waals surface area contributed by atoms with Crippen LogP contribution in [0.15, 0.2) is 5.38 Å². The van der Waals surface area contributed by atoms with Gasteiger partial charge >= 0.3 is 0 Å². The summed E-state index contributed by atoms with van der Waals surface area (Å²) in [7, 11) is 1.72. The van der Waals surface area contributed by atoms with Crippen molar-refractivity contribution in [2.45, 2.75) is 37.6 Å². The molecule has 0 radical (unpaired) electrons. The topological polar surface area (TPSA) is 48.1 Å². The lowest BCUT2D eigenvalue weighted by Crippen LogP contribution is -2.48. The minimum absolute atomic E-state index is 0.0482. The van der Waals surface area contributed by atoms with Crippen molar-refractivity contribution in [2.24, 2.45) is 5.73 Å². The SMILES string of the molecule is COCCc1nc(CC2(N)CCC2)cs1. The number of nitrogens with zero attached hydrogens (tertiary/aromatic N) is 1. The molecule has 0 saturated heterocycles. The van der Waals surface area contributed by atoms with Crippen molar-refractivity contribution >= 4 is 11.3 Å². The van der Waals surface area contributed by atoms with Crippen LogP contribution in [0.2, 0.25) is 0 Å². The van der Waals surface area contributed by atoms with Crippen LogP contribution in [0, 0.1) is 0 Å². The van der Waals surface area contributed by atoms with Crippen LogP contribution >= 0.6 is 11.3 Å². The number of rotatable bonds is 5. The highest BCUT2D eigenvalue weighted by Crippen LogP contribution is 2.32. The third-order valence-corrected chi connectivity index (χ3v) is 3.96. The number of hydrogen-bond donors (Lipinski definition) is 1. The number of thiazole rings is 1. The van der Waals surface area contributed by atoms with Crippen molar-refractivity contribution in [3.05, 3.63) is 16.1 Å². The molecule has 1 aliphatic carbocycles. The highest BCUT2D eigenvalue weighted by Gasteiger charge is 2.33. The van der Waals surface area contributed by atoms with Crippen molar-refractivity contribution < 1.29 is 4.74 Å². The quantitative estimate of drug-likeness (QED) is 0.832. The van der Waals surface area contributed by atoms with Gasteiger partial charge in [-0.15, -0.1) is 11.3 Å². The molecule has 2 rings (SSSR count). The van der Waals surface area contributed by atoms with E-state index in [9.17, 15) is 0 Å². The molecule has 3 nitrogen and oxygen atoms in total. The van der Waals surface area contributed by atoms with Gasteiger partial charge in [-0.2, -0.15) is 0 Å². The second kappa shape index (κ2) is 4.60. The molecule has 0 unspecified atom stereocenters. The molecule has 2 N–H and O–H groups in total. The summed E-state index contributed by atoms with van der Waals surface area (Å²) >= 11 is 1.72. The predicted molar refractivity (Wildman–Crippen MR) is 62.2 cm³/mol. The van der Waals surface area contributed by atoms with Gasteiger partial charge in [-0.05, 0) is 19.3 Å². The lowest BCUT2D eigenvalue weighted by atomic mass is 9.75. The van der Waals surface area contributed by atoms with Crippen molar-refractivity contribution in [1.29, 1.82) is 0 Å². The van der Waals surface area contributed by atoms with Crippen LogP contribution in [0.1, 0.15) is 30.0 Å². The van der Waals surface area contributed by atoms with E-state index in [2.05, 4.69) is 10.4 Å². The lowest BCUT2D eigenvalue weighted by Gasteiger charge is -2.37. The molecule has 0 aromatic carbocycles. The Morgan fingerprint density at radius 1 is 1.60 bits per heavy atom. The Morgan fingerprint density at radius 2 is 2.40 bits per heavy atom. The molecule has 1 fully saturated rings. The normalized spacial score (nSPS) is 18.8. The molecule has 1 saturated carbocycles. The van der Waals surface area contributed by atoms with E-state index in [1.807, 2.05) is 0 Å². The van der Waals surface area contributed by atoms with Gasteiger partial charge in [0.25, 0.3) is 0 Å². The first-order chi connectivity index (χ1) is 7.22. The zero-order valence-corrected chi connectivity index (χ0v) is 9.98. The Balaban J connectivity index is 1.89. The van der Waals surface area contributed by atoms with Gasteiger partial charge in [0, 0.05) is 30.9 Å². The van der Waals surface area contributed by atoms with E-state index in [0.29, 0.717) is 0 Å². The third kappa shape index (κ3) is 2.77. The Kier molecular flexibility index (Phi) is 3.38. The average Bonchev–Trinajstić information content (AvgIpc) is 2.60. The first-order valence-corrected chi connectivity index (χ1v) is 6.31. The number of methoxy groups -OCH3 is 1. The fourth-order valence-corrected chi connectivity index (χ4v) is 2.68. The van der Waals surface area contributed by atoms with E-state index in [1.54, 1.807) is 18.4 Å². The molecule has 0 spiro atoms. The van der Waals surface area contributed by atoms with Crippen LogP contribution in [-0.4, -0.2) is 24.2 Å². The predicted octanol–water partition coefficient (Wildman–Crippen LogP) is 1.76. The van der Waals surface area contributed by atoms with Crippen molar-refractivity contribution in [3.8, 4) is 0 Å². The Labute approximate surface area is 94.7 Å². The second-order valence-corrected chi connectivity index (χ2v) is 5.31. The van der Waals surface area contributed by atoms with Crippen molar-refractivity contribution in [3.63, 3.8) is 0 Å². The molecular formula is C11H18N2OS. The summed E-state index contributed by atoms with van der Waals surface area (Å²) in [4.78, 5) is 4.57. The van der Waals surface area contributed by atoms with E-state index in [4.69, 9.17) is 10.5 Å². The smallest absolute Gasteiger partial charge is 0.0951 e. The van der Waals surface area contributed by atoms with Gasteiger partial charge in [0.15, 0.2) is 0 Å². The van der Waals surface area contributed by atoms with E-state index in [-0.39, 0.29) is 5.54 Å². The van der Waals surface area contributed by atoms with Crippen LogP contribution in [0.5, 0.6) is 0 Å². The van der Waals surface area contributed by atoms with Gasteiger partial charge in [0.1, 0.15) is 0 Å². The number of nitrogens with two attached hydrogens (primary N) is 1. The molecule has 1 heterocycles. The molecule has 4 heteroatoms. The molecule has 0 amide bonds. The minimum Gasteiger partial charge on any atom is -0.384 e. The molecular weight excluding hydrogens is 208 g/mol. The van der Waals surface area contributed by atoms with Crippen molar-refractivity contribution in [2.75, 3.05) is 13.7 Å². The molecule has 0 bridgehead atoms. The van der Waals surface area contributed by atoms with E-state index >= 15 is 0 Å². The van der Waals surface area contributed by atoms with Gasteiger partial charge in [0.2, 0.25) is 0 Å². The van der Waals surface area contributed by atoms with Crippen molar-refractivity contribution in [1.82, 2.24) is 4.98 Å². The van der Waals surface area contributed by atoms with Crippen LogP contribution < -0.4 is 5.73 Å². The minimum atomic E-state index is 0.0482. The Bertz CT molecular complexity index is 320. The van der Waals surface area contributed by atoms with Crippen LogP contribution in [0.4, 0.5) is 0 Å². The maximum atomic E-state index is 6.18. The third-order valence-electron chi connectivity index (χ3n) is 3.00. The number of ether oxygens (including phenoxy) is 1. The average molecular weight is 226 g/mol. The number of aromatic nitrogens is 1. The highest BCUT2D eigenvalue weighted by atomic mass is 32.1. The summed E-state index contributed by atoms with van der Waals surface area (Å²) in [5.41, 5.74) is 7.39. The van der Waals surface area contributed by atoms with Crippen LogP contribution in [0.25, 0.3) is 0 Å². The van der Waals surface area contributed by atoms with E-state index in [0.717, 1.165) is 43.0 Å². The maximum Gasteiger partial charge on any atom is 0.0951 e. The summed E-state index contributed by atoms with van der Waals surface area (Å²) in [6, 6.07) is 0. The lowest BCUT2D eigenvalue weighted by molar-refractivity contribution is 0.202. The van der Waals surface area contributed by atoms with Gasteiger partial charge in [-0.25, -0.2) is 4.98 Å². The summed E-state index contributed by atoms with van der Waals surface area (Å²) < 4.78 is 5.03. The fourth-order valence-electron chi connectivity index (χ4n) is 1.90. The standard InChI is InChI=1S/C11H18N2OS/c1-14-6-3-10-13-9(8-15-10)7-11(12)4-2-5-11/h8H,2-7,12H2,1H3. The summed E-state index contributed by atoms with van der Waals surface area (Å²) in [6.07, 6.45) is 5.43. The van der Waals surface area contributed by atoms with Crippen LogP contribution in [0.3, 0.4) is 0 Å². The van der Waals surface area contributed by atoms with Gasteiger partial charge in [-0.3, -0.25) is 0 Å². The first-order valence-electron chi connectivity index (χ1n) is 5.43. The molecule has 1 aromatic heterocycles. The second-order valence-electron chi connectivity index (χ2n) is 4.37. The summed E-state index contributed by atoms with van der Waals surface area (Å²) in [5, 5.41) is 3.30. The molecule has 15 heavy (non-hydrogen) atoms. The molecule has 1 aliphatic rings. The summed E-state index contributed by atoms with van der Waals surface area (Å²) in [5.74, 6) is 0. The zero-order valence-electron chi connectivity index (χ0n) is 9.16. The molecule has 0 atom stereocenters. The molecule has 84 valence electrons. The number of hydrogen-bond acceptors (Lipinski definition) is 4. The van der Waals surface area contributed by atoms with Gasteiger partial charge in [-0.1, -0.05) is 0 Å². The fraction of sp³-hybridized carbons (Fsp3) is 0.727.